The number of nitrogens with zero attached hydrogens (tertiary/aromatic N) is 2. The fourth-order valence-corrected chi connectivity index (χ4v) is 3.04. The van der Waals surface area contributed by atoms with Crippen LogP contribution in [0.1, 0.15) is 17.5 Å². The van der Waals surface area contributed by atoms with E-state index < -0.39 is 0 Å². The minimum absolute atomic E-state index is 0.190. The van der Waals surface area contributed by atoms with Gasteiger partial charge in [0, 0.05) is 25.0 Å². The van der Waals surface area contributed by atoms with Crippen molar-refractivity contribution in [3.05, 3.63) is 66.1 Å². The number of hydrogen-bond donors (Lipinski definition) is 1. The third kappa shape index (κ3) is 5.63. The summed E-state index contributed by atoms with van der Waals surface area (Å²) in [6.07, 6.45) is 5.69. The maximum atomic E-state index is 12.6. The van der Waals surface area contributed by atoms with Gasteiger partial charge < -0.3 is 24.3 Å². The van der Waals surface area contributed by atoms with Crippen LogP contribution in [0, 0.1) is 0 Å². The number of benzene rings is 1. The van der Waals surface area contributed by atoms with Crippen molar-refractivity contribution in [2.24, 2.45) is 0 Å². The Morgan fingerprint density at radius 3 is 2.39 bits per heavy atom. The maximum absolute atomic E-state index is 12.6. The first-order chi connectivity index (χ1) is 15.2. The first kappa shape index (κ1) is 21.9. The van der Waals surface area contributed by atoms with Gasteiger partial charge in [-0.3, -0.25) is 9.78 Å². The van der Waals surface area contributed by atoms with Crippen molar-refractivity contribution < 1.29 is 23.7 Å². The average molecular weight is 423 g/mol. The number of amides is 1. The van der Waals surface area contributed by atoms with Crippen LogP contribution >= 0.6 is 0 Å². The lowest BCUT2D eigenvalue weighted by molar-refractivity contribution is -0.116. The quantitative estimate of drug-likeness (QED) is 0.532. The topological polar surface area (TPSA) is 91.8 Å². The van der Waals surface area contributed by atoms with Gasteiger partial charge >= 0.3 is 0 Å². The summed E-state index contributed by atoms with van der Waals surface area (Å²) in [6.45, 7) is 0.347. The van der Waals surface area contributed by atoms with Crippen LogP contribution in [0.3, 0.4) is 0 Å². The maximum Gasteiger partial charge on any atom is 0.225 e. The molecule has 0 aliphatic carbocycles. The first-order valence-corrected chi connectivity index (χ1v) is 9.70. The summed E-state index contributed by atoms with van der Waals surface area (Å²) in [7, 11) is 4.66. The van der Waals surface area contributed by atoms with Gasteiger partial charge in [-0.1, -0.05) is 6.07 Å². The van der Waals surface area contributed by atoms with Crippen molar-refractivity contribution >= 4 is 11.7 Å². The number of ether oxygens (including phenoxy) is 4. The van der Waals surface area contributed by atoms with Crippen molar-refractivity contribution in [3.63, 3.8) is 0 Å². The van der Waals surface area contributed by atoms with Gasteiger partial charge in [-0.25, -0.2) is 4.98 Å². The monoisotopic (exact) mass is 423 g/mol. The zero-order valence-electron chi connectivity index (χ0n) is 17.8. The second kappa shape index (κ2) is 10.8. The van der Waals surface area contributed by atoms with Crippen LogP contribution in [0.25, 0.3) is 0 Å². The van der Waals surface area contributed by atoms with Crippen molar-refractivity contribution in [1.82, 2.24) is 9.97 Å². The van der Waals surface area contributed by atoms with E-state index in [1.54, 1.807) is 58.1 Å². The molecule has 2 heterocycles. The third-order valence-electron chi connectivity index (χ3n) is 4.58. The van der Waals surface area contributed by atoms with Crippen molar-refractivity contribution in [2.45, 2.75) is 19.4 Å². The fourth-order valence-electron chi connectivity index (χ4n) is 3.04. The molecule has 0 spiro atoms. The highest BCUT2D eigenvalue weighted by atomic mass is 16.5. The molecule has 0 aliphatic heterocycles. The summed E-state index contributed by atoms with van der Waals surface area (Å²) in [5.41, 5.74) is 1.81. The molecule has 0 atom stereocenters. The van der Waals surface area contributed by atoms with E-state index in [2.05, 4.69) is 15.3 Å². The second-order valence-electron chi connectivity index (χ2n) is 6.54. The Morgan fingerprint density at radius 1 is 0.903 bits per heavy atom. The molecule has 1 N–H and O–H groups in total. The van der Waals surface area contributed by atoms with E-state index in [9.17, 15) is 4.79 Å². The van der Waals surface area contributed by atoms with E-state index in [-0.39, 0.29) is 12.3 Å². The fraction of sp³-hybridized carbons (Fsp3) is 0.261. The number of carbonyl (C=O) groups excluding carboxylic acids is 1. The summed E-state index contributed by atoms with van der Waals surface area (Å²) in [5, 5.41) is 2.82. The van der Waals surface area contributed by atoms with E-state index in [0.29, 0.717) is 41.8 Å². The Balaban J connectivity index is 1.64. The van der Waals surface area contributed by atoms with Gasteiger partial charge in [0.15, 0.2) is 23.1 Å². The molecule has 0 saturated carbocycles. The molecule has 162 valence electrons. The van der Waals surface area contributed by atoms with Gasteiger partial charge in [0.2, 0.25) is 11.7 Å². The van der Waals surface area contributed by atoms with Crippen molar-refractivity contribution in [1.29, 1.82) is 0 Å². The van der Waals surface area contributed by atoms with Crippen LogP contribution in [0.5, 0.6) is 23.0 Å². The molecular weight excluding hydrogens is 398 g/mol. The van der Waals surface area contributed by atoms with Gasteiger partial charge in [0.05, 0.1) is 21.3 Å². The molecule has 1 amide bonds. The Bertz CT molecular complexity index is 1010. The number of hydrogen-bond acceptors (Lipinski definition) is 7. The van der Waals surface area contributed by atoms with E-state index in [1.807, 2.05) is 18.2 Å². The standard InChI is InChI=1S/C23H25N3O5/c1-28-18-8-6-17(21(29-2)22(18)30-3)7-9-20(27)26-23-19(5-4-12-25-23)31-15-16-10-13-24-14-11-16/h4-6,8,10-14H,7,9,15H2,1-3H3,(H,25,26,27). The number of nitrogens with one attached hydrogen (secondary N) is 1. The molecule has 31 heavy (non-hydrogen) atoms. The SMILES string of the molecule is COc1ccc(CCC(=O)Nc2ncccc2OCc2ccncc2)c(OC)c1OC. The Morgan fingerprint density at radius 2 is 1.68 bits per heavy atom. The number of anilines is 1. The molecule has 0 fully saturated rings. The predicted molar refractivity (Wildman–Crippen MR) is 116 cm³/mol. The minimum atomic E-state index is -0.190. The largest absolute Gasteiger partial charge is 0.493 e. The molecule has 8 nitrogen and oxygen atoms in total. The van der Waals surface area contributed by atoms with Crippen molar-refractivity contribution in [2.75, 3.05) is 26.6 Å². The first-order valence-electron chi connectivity index (χ1n) is 9.70. The van der Waals surface area contributed by atoms with Crippen LogP contribution in [0.15, 0.2) is 55.0 Å². The van der Waals surface area contributed by atoms with Crippen LogP contribution in [0.4, 0.5) is 5.82 Å². The summed E-state index contributed by atoms with van der Waals surface area (Å²) in [5.74, 6) is 2.30. The molecule has 0 unspecified atom stereocenters. The molecule has 1 aromatic carbocycles. The van der Waals surface area contributed by atoms with Gasteiger partial charge in [0.25, 0.3) is 0 Å². The molecule has 0 aliphatic rings. The van der Waals surface area contributed by atoms with E-state index in [0.717, 1.165) is 11.1 Å². The van der Waals surface area contributed by atoms with Gasteiger partial charge in [0.1, 0.15) is 6.61 Å². The van der Waals surface area contributed by atoms with Gasteiger partial charge in [-0.15, -0.1) is 0 Å². The van der Waals surface area contributed by atoms with Crippen LogP contribution in [-0.2, 0) is 17.8 Å². The number of carbonyl (C=O) groups is 1. The van der Waals surface area contributed by atoms with Crippen LogP contribution < -0.4 is 24.3 Å². The van der Waals surface area contributed by atoms with Crippen LogP contribution in [0.2, 0.25) is 0 Å². The highest BCUT2D eigenvalue weighted by molar-refractivity contribution is 5.91. The zero-order chi connectivity index (χ0) is 22.1. The smallest absolute Gasteiger partial charge is 0.225 e. The molecule has 2 aromatic heterocycles. The molecule has 0 bridgehead atoms. The number of aromatic nitrogens is 2. The van der Waals surface area contributed by atoms with E-state index >= 15 is 0 Å². The predicted octanol–water partition coefficient (Wildman–Crippen LogP) is 3.65. The van der Waals surface area contributed by atoms with Crippen LogP contribution in [-0.4, -0.2) is 37.2 Å². The lowest BCUT2D eigenvalue weighted by atomic mass is 10.1. The number of pyridine rings is 2. The molecule has 3 aromatic rings. The van der Waals surface area contributed by atoms with Gasteiger partial charge in [-0.2, -0.15) is 0 Å². The zero-order valence-corrected chi connectivity index (χ0v) is 17.8. The minimum Gasteiger partial charge on any atom is -0.493 e. The molecule has 0 saturated heterocycles. The highest BCUT2D eigenvalue weighted by Gasteiger charge is 2.17. The summed E-state index contributed by atoms with van der Waals surface area (Å²) >= 11 is 0. The molecule has 3 rings (SSSR count). The summed E-state index contributed by atoms with van der Waals surface area (Å²) in [4.78, 5) is 20.8. The molecular formula is C23H25N3O5. The summed E-state index contributed by atoms with van der Waals surface area (Å²) < 4.78 is 22.0. The van der Waals surface area contributed by atoms with Crippen molar-refractivity contribution in [3.8, 4) is 23.0 Å². The normalized spacial score (nSPS) is 10.3. The summed E-state index contributed by atoms with van der Waals surface area (Å²) in [6, 6.07) is 10.9. The van der Waals surface area contributed by atoms with E-state index in [4.69, 9.17) is 18.9 Å². The number of methoxy groups -OCH3 is 3. The van der Waals surface area contributed by atoms with Gasteiger partial charge in [-0.05, 0) is 47.9 Å². The Labute approximate surface area is 181 Å². The third-order valence-corrected chi connectivity index (χ3v) is 4.58. The lowest BCUT2D eigenvalue weighted by Crippen LogP contribution is -2.14. The number of aryl methyl sites for hydroxylation is 1. The Kier molecular flexibility index (Phi) is 7.64. The lowest BCUT2D eigenvalue weighted by Gasteiger charge is -2.16. The average Bonchev–Trinajstić information content (AvgIpc) is 2.82. The second-order valence-corrected chi connectivity index (χ2v) is 6.54. The number of rotatable bonds is 10. The highest BCUT2D eigenvalue weighted by Crippen LogP contribution is 2.40. The molecule has 8 heteroatoms. The molecule has 0 radical (unpaired) electrons. The van der Waals surface area contributed by atoms with E-state index in [1.165, 1.54) is 0 Å². The Hall–Kier alpha value is -3.81.